The van der Waals surface area contributed by atoms with Crippen LogP contribution in [0.2, 0.25) is 0 Å². The first-order valence-electron chi connectivity index (χ1n) is 13.2. The number of nitrogens with zero attached hydrogens (tertiary/aromatic N) is 1. The Bertz CT molecular complexity index is 1450. The van der Waals surface area contributed by atoms with Crippen molar-refractivity contribution in [3.8, 4) is 23.0 Å². The molecule has 1 amide bonds. The van der Waals surface area contributed by atoms with Crippen LogP contribution in [0.4, 0.5) is 0 Å². The lowest BCUT2D eigenvalue weighted by Gasteiger charge is -2.26. The highest BCUT2D eigenvalue weighted by atomic mass is 16.6. The number of rotatable bonds is 10. The van der Waals surface area contributed by atoms with Crippen molar-refractivity contribution in [3.05, 3.63) is 102 Å². The van der Waals surface area contributed by atoms with Gasteiger partial charge in [-0.3, -0.25) is 9.59 Å². The minimum atomic E-state index is -0.843. The van der Waals surface area contributed by atoms with E-state index < -0.39 is 17.7 Å². The van der Waals surface area contributed by atoms with Crippen molar-refractivity contribution in [3.63, 3.8) is 0 Å². The molecule has 1 atom stereocenters. The zero-order valence-electron chi connectivity index (χ0n) is 22.3. The number of benzene rings is 3. The summed E-state index contributed by atoms with van der Waals surface area (Å²) < 4.78 is 22.9. The molecule has 0 saturated carbocycles. The quantitative estimate of drug-likeness (QED) is 0.165. The summed E-state index contributed by atoms with van der Waals surface area (Å²) in [6.45, 7) is 7.31. The van der Waals surface area contributed by atoms with Gasteiger partial charge in [0.25, 0.3) is 11.7 Å². The Morgan fingerprint density at radius 2 is 1.77 bits per heavy atom. The average molecular weight is 542 g/mol. The molecule has 1 fully saturated rings. The summed E-state index contributed by atoms with van der Waals surface area (Å²) in [4.78, 5) is 28.4. The molecule has 3 aromatic carbocycles. The number of fused-ring (bicyclic) bond motifs is 1. The molecule has 8 nitrogen and oxygen atoms in total. The molecule has 2 aliphatic rings. The van der Waals surface area contributed by atoms with E-state index in [2.05, 4.69) is 6.58 Å². The van der Waals surface area contributed by atoms with Crippen molar-refractivity contribution < 1.29 is 33.6 Å². The maximum absolute atomic E-state index is 13.5. The number of aliphatic hydroxyl groups is 1. The molecule has 0 spiro atoms. The minimum absolute atomic E-state index is 0.00283. The molecular weight excluding hydrogens is 510 g/mol. The van der Waals surface area contributed by atoms with E-state index in [1.165, 1.54) is 4.90 Å². The fraction of sp³-hybridized carbons (Fsp3) is 0.250. The van der Waals surface area contributed by atoms with Crippen molar-refractivity contribution in [2.75, 3.05) is 33.0 Å². The van der Waals surface area contributed by atoms with Gasteiger partial charge in [-0.2, -0.15) is 0 Å². The number of hydrogen-bond acceptors (Lipinski definition) is 7. The molecule has 2 aliphatic heterocycles. The first kappa shape index (κ1) is 26.9. The van der Waals surface area contributed by atoms with Gasteiger partial charge in [0.15, 0.2) is 23.0 Å². The topological polar surface area (TPSA) is 94.5 Å². The molecule has 40 heavy (non-hydrogen) atoms. The van der Waals surface area contributed by atoms with Crippen LogP contribution < -0.4 is 18.9 Å². The molecule has 0 radical (unpaired) electrons. The zero-order valence-corrected chi connectivity index (χ0v) is 22.3. The summed E-state index contributed by atoms with van der Waals surface area (Å²) in [7, 11) is 0. The maximum Gasteiger partial charge on any atom is 0.295 e. The number of amides is 1. The van der Waals surface area contributed by atoms with Crippen LogP contribution in [0.25, 0.3) is 5.76 Å². The number of carbonyl (C=O) groups is 2. The van der Waals surface area contributed by atoms with Crippen LogP contribution in [0.1, 0.15) is 29.7 Å². The average Bonchev–Trinajstić information content (AvgIpc) is 3.24. The third kappa shape index (κ3) is 5.38. The van der Waals surface area contributed by atoms with Crippen molar-refractivity contribution >= 4 is 17.4 Å². The van der Waals surface area contributed by atoms with E-state index in [0.717, 1.165) is 5.56 Å². The molecule has 2 heterocycles. The van der Waals surface area contributed by atoms with Gasteiger partial charge < -0.3 is 29.0 Å². The minimum Gasteiger partial charge on any atom is -0.507 e. The third-order valence-electron chi connectivity index (χ3n) is 6.78. The van der Waals surface area contributed by atoms with Crippen LogP contribution in [0.15, 0.2) is 85.0 Å². The molecule has 0 aromatic heterocycles. The smallest absolute Gasteiger partial charge is 0.295 e. The Morgan fingerprint density at radius 3 is 2.52 bits per heavy atom. The standard InChI is InChI=1S/C32H31NO7/c1-3-16-38-24-12-10-22(19-26(24)37-4-2)29-28(30(34)23-11-13-25-27(20-23)40-18-17-39-25)31(35)32(36)33(29)15-14-21-8-6-5-7-9-21/h3,5-13,19-20,29,34H,1,4,14-18H2,2H3/b30-28+. The third-order valence-corrected chi connectivity index (χ3v) is 6.78. The Morgan fingerprint density at radius 1 is 1.00 bits per heavy atom. The first-order valence-corrected chi connectivity index (χ1v) is 13.2. The van der Waals surface area contributed by atoms with Crippen LogP contribution in [-0.2, 0) is 16.0 Å². The number of aliphatic hydroxyl groups excluding tert-OH is 1. The van der Waals surface area contributed by atoms with Gasteiger partial charge in [-0.1, -0.05) is 49.1 Å². The molecule has 0 aliphatic carbocycles. The highest BCUT2D eigenvalue weighted by Crippen LogP contribution is 2.43. The van der Waals surface area contributed by atoms with Crippen LogP contribution in [-0.4, -0.2) is 54.7 Å². The fourth-order valence-electron chi connectivity index (χ4n) is 4.93. The lowest BCUT2D eigenvalue weighted by atomic mass is 9.94. The second kappa shape index (κ2) is 12.0. The van der Waals surface area contributed by atoms with Crippen molar-refractivity contribution in [1.82, 2.24) is 4.90 Å². The molecule has 1 saturated heterocycles. The molecule has 8 heteroatoms. The van der Waals surface area contributed by atoms with E-state index in [1.807, 2.05) is 37.3 Å². The van der Waals surface area contributed by atoms with E-state index in [9.17, 15) is 14.7 Å². The van der Waals surface area contributed by atoms with Gasteiger partial charge in [0, 0.05) is 12.1 Å². The van der Waals surface area contributed by atoms with Gasteiger partial charge >= 0.3 is 0 Å². The Kier molecular flexibility index (Phi) is 8.05. The van der Waals surface area contributed by atoms with Gasteiger partial charge in [-0.05, 0) is 54.8 Å². The number of likely N-dealkylation sites (tertiary alicyclic amines) is 1. The van der Waals surface area contributed by atoms with Crippen molar-refractivity contribution in [1.29, 1.82) is 0 Å². The van der Waals surface area contributed by atoms with Crippen LogP contribution in [0, 0.1) is 0 Å². The molecule has 0 bridgehead atoms. The Labute approximate surface area is 233 Å². The summed E-state index contributed by atoms with van der Waals surface area (Å²) in [5.74, 6) is 0.285. The zero-order chi connectivity index (χ0) is 28.1. The first-order chi connectivity index (χ1) is 19.5. The normalized spacial score (nSPS) is 17.5. The van der Waals surface area contributed by atoms with E-state index in [1.54, 1.807) is 42.5 Å². The van der Waals surface area contributed by atoms with Crippen LogP contribution in [0.5, 0.6) is 23.0 Å². The van der Waals surface area contributed by atoms with Crippen LogP contribution in [0.3, 0.4) is 0 Å². The molecule has 3 aromatic rings. The highest BCUT2D eigenvalue weighted by Gasteiger charge is 2.46. The maximum atomic E-state index is 13.5. The summed E-state index contributed by atoms with van der Waals surface area (Å²) in [6, 6.07) is 19.1. The summed E-state index contributed by atoms with van der Waals surface area (Å²) in [5.41, 5.74) is 1.99. The van der Waals surface area contributed by atoms with Gasteiger partial charge in [0.05, 0.1) is 18.2 Å². The van der Waals surface area contributed by atoms with Gasteiger partial charge in [-0.25, -0.2) is 0 Å². The van der Waals surface area contributed by atoms with E-state index in [4.69, 9.17) is 18.9 Å². The summed E-state index contributed by atoms with van der Waals surface area (Å²) >= 11 is 0. The van der Waals surface area contributed by atoms with Gasteiger partial charge in [-0.15, -0.1) is 0 Å². The predicted molar refractivity (Wildman–Crippen MR) is 150 cm³/mol. The fourth-order valence-corrected chi connectivity index (χ4v) is 4.93. The SMILES string of the molecule is C=CCOc1ccc(C2/C(=C(\O)c3ccc4c(c3)OCCO4)C(=O)C(=O)N2CCc2ccccc2)cc1OCC. The molecule has 5 rings (SSSR count). The predicted octanol–water partition coefficient (Wildman–Crippen LogP) is 5.09. The van der Waals surface area contributed by atoms with E-state index >= 15 is 0 Å². The van der Waals surface area contributed by atoms with Gasteiger partial charge in [0.2, 0.25) is 0 Å². The Balaban J connectivity index is 1.60. The largest absolute Gasteiger partial charge is 0.507 e. The lowest BCUT2D eigenvalue weighted by Crippen LogP contribution is -2.31. The highest BCUT2D eigenvalue weighted by molar-refractivity contribution is 6.46. The number of carbonyl (C=O) groups excluding carboxylic acids is 2. The van der Waals surface area contributed by atoms with Gasteiger partial charge in [0.1, 0.15) is 25.6 Å². The van der Waals surface area contributed by atoms with Crippen LogP contribution >= 0.6 is 0 Å². The second-order valence-corrected chi connectivity index (χ2v) is 9.33. The molecular formula is C32H31NO7. The van der Waals surface area contributed by atoms with Crippen molar-refractivity contribution in [2.45, 2.75) is 19.4 Å². The number of ketones is 1. The molecule has 1 unspecified atom stereocenters. The molecule has 1 N–H and O–H groups in total. The van der Waals surface area contributed by atoms with E-state index in [0.29, 0.717) is 67.0 Å². The van der Waals surface area contributed by atoms with E-state index in [-0.39, 0.29) is 17.9 Å². The lowest BCUT2D eigenvalue weighted by molar-refractivity contribution is -0.139. The second-order valence-electron chi connectivity index (χ2n) is 9.33. The molecule has 206 valence electrons. The monoisotopic (exact) mass is 541 g/mol. The number of ether oxygens (including phenoxy) is 4. The number of hydrogen-bond donors (Lipinski definition) is 1. The Hall–Kier alpha value is -4.72. The number of Topliss-reactive ketones (excluding diaryl/α,β-unsaturated/α-hetero) is 1. The van der Waals surface area contributed by atoms with Crippen molar-refractivity contribution in [2.24, 2.45) is 0 Å². The summed E-state index contributed by atoms with van der Waals surface area (Å²) in [5, 5.41) is 11.5. The summed E-state index contributed by atoms with van der Waals surface area (Å²) in [6.07, 6.45) is 2.17.